The molecule has 1 saturated heterocycles. The van der Waals surface area contributed by atoms with Gasteiger partial charge in [-0.1, -0.05) is 20.3 Å². The largest absolute Gasteiger partial charge is 0.311 e. The Morgan fingerprint density at radius 2 is 2.33 bits per heavy atom. The van der Waals surface area contributed by atoms with Crippen LogP contribution in [0, 0.1) is 12.8 Å². The van der Waals surface area contributed by atoms with Gasteiger partial charge in [-0.15, -0.1) is 11.3 Å². The van der Waals surface area contributed by atoms with Gasteiger partial charge in [-0.05, 0) is 19.8 Å². The molecule has 3 nitrogen and oxygen atoms in total. The average Bonchev–Trinajstić information content (AvgIpc) is 2.83. The van der Waals surface area contributed by atoms with Gasteiger partial charge in [0, 0.05) is 36.8 Å². The maximum Gasteiger partial charge on any atom is 0.110 e. The third kappa shape index (κ3) is 3.11. The summed E-state index contributed by atoms with van der Waals surface area (Å²) >= 11 is 1.79. The van der Waals surface area contributed by atoms with E-state index in [1.54, 1.807) is 11.3 Å². The Morgan fingerprint density at radius 3 is 2.94 bits per heavy atom. The highest BCUT2D eigenvalue weighted by atomic mass is 32.1. The Morgan fingerprint density at radius 1 is 1.56 bits per heavy atom. The lowest BCUT2D eigenvalue weighted by atomic mass is 9.96. The Bertz CT molecular complexity index is 377. The molecule has 1 fully saturated rings. The first-order valence-electron chi connectivity index (χ1n) is 7.01. The predicted octanol–water partition coefficient (Wildman–Crippen LogP) is 2.83. The van der Waals surface area contributed by atoms with E-state index in [-0.39, 0.29) is 0 Å². The molecule has 1 aliphatic rings. The zero-order valence-electron chi connectivity index (χ0n) is 11.9. The Kier molecular flexibility index (Phi) is 4.76. The SMILES string of the molecule is CCC(C)C1CN(C(C)c2nc(C)cs2)CCN1. The van der Waals surface area contributed by atoms with E-state index in [0.29, 0.717) is 12.1 Å². The van der Waals surface area contributed by atoms with Crippen LogP contribution < -0.4 is 5.32 Å². The van der Waals surface area contributed by atoms with Gasteiger partial charge in [0.05, 0.1) is 6.04 Å². The molecule has 4 heteroatoms. The van der Waals surface area contributed by atoms with E-state index in [2.05, 4.69) is 48.3 Å². The second-order valence-electron chi connectivity index (χ2n) is 5.44. The molecule has 3 unspecified atom stereocenters. The van der Waals surface area contributed by atoms with Gasteiger partial charge in [-0.2, -0.15) is 0 Å². The van der Waals surface area contributed by atoms with Crippen LogP contribution in [0.15, 0.2) is 5.38 Å². The van der Waals surface area contributed by atoms with Crippen LogP contribution in [-0.2, 0) is 0 Å². The predicted molar refractivity (Wildman–Crippen MR) is 78.1 cm³/mol. The number of nitrogens with one attached hydrogen (secondary N) is 1. The fourth-order valence-corrected chi connectivity index (χ4v) is 3.43. The second kappa shape index (κ2) is 6.13. The van der Waals surface area contributed by atoms with Crippen molar-refractivity contribution in [2.24, 2.45) is 5.92 Å². The van der Waals surface area contributed by atoms with Crippen LogP contribution in [0.3, 0.4) is 0 Å². The van der Waals surface area contributed by atoms with Gasteiger partial charge in [0.25, 0.3) is 0 Å². The van der Waals surface area contributed by atoms with Gasteiger partial charge in [0.2, 0.25) is 0 Å². The van der Waals surface area contributed by atoms with Crippen LogP contribution in [-0.4, -0.2) is 35.6 Å². The molecular weight excluding hydrogens is 242 g/mol. The first kappa shape index (κ1) is 14.0. The lowest BCUT2D eigenvalue weighted by molar-refractivity contribution is 0.130. The smallest absolute Gasteiger partial charge is 0.110 e. The van der Waals surface area contributed by atoms with Crippen LogP contribution in [0.1, 0.15) is 43.9 Å². The molecule has 0 radical (unpaired) electrons. The van der Waals surface area contributed by atoms with Gasteiger partial charge in [-0.25, -0.2) is 4.98 Å². The quantitative estimate of drug-likeness (QED) is 0.909. The first-order valence-corrected chi connectivity index (χ1v) is 7.89. The molecule has 0 amide bonds. The van der Waals surface area contributed by atoms with Crippen molar-refractivity contribution >= 4 is 11.3 Å². The fraction of sp³-hybridized carbons (Fsp3) is 0.786. The zero-order valence-corrected chi connectivity index (χ0v) is 12.8. The van der Waals surface area contributed by atoms with E-state index in [0.717, 1.165) is 31.2 Å². The van der Waals surface area contributed by atoms with Crippen molar-refractivity contribution in [3.63, 3.8) is 0 Å². The summed E-state index contributed by atoms with van der Waals surface area (Å²) in [6, 6.07) is 1.09. The number of aryl methyl sites for hydroxylation is 1. The molecule has 2 rings (SSSR count). The lowest BCUT2D eigenvalue weighted by Gasteiger charge is -2.39. The normalized spacial score (nSPS) is 25.0. The minimum Gasteiger partial charge on any atom is -0.311 e. The third-order valence-electron chi connectivity index (χ3n) is 4.11. The van der Waals surface area contributed by atoms with Crippen molar-refractivity contribution < 1.29 is 0 Å². The Balaban J connectivity index is 2.00. The number of aromatic nitrogens is 1. The van der Waals surface area contributed by atoms with E-state index >= 15 is 0 Å². The highest BCUT2D eigenvalue weighted by Gasteiger charge is 2.27. The van der Waals surface area contributed by atoms with Gasteiger partial charge in [-0.3, -0.25) is 4.90 Å². The number of hydrogen-bond donors (Lipinski definition) is 1. The number of piperazine rings is 1. The van der Waals surface area contributed by atoms with Crippen LogP contribution in [0.25, 0.3) is 0 Å². The van der Waals surface area contributed by atoms with E-state index in [1.165, 1.54) is 11.4 Å². The molecule has 0 aromatic carbocycles. The molecule has 1 aromatic rings. The summed E-state index contributed by atoms with van der Waals surface area (Å²) in [4.78, 5) is 7.21. The summed E-state index contributed by atoms with van der Waals surface area (Å²) in [6.45, 7) is 12.4. The van der Waals surface area contributed by atoms with Gasteiger partial charge >= 0.3 is 0 Å². The summed E-state index contributed by atoms with van der Waals surface area (Å²) in [5.74, 6) is 0.748. The summed E-state index contributed by atoms with van der Waals surface area (Å²) < 4.78 is 0. The Hall–Kier alpha value is -0.450. The van der Waals surface area contributed by atoms with E-state index in [9.17, 15) is 0 Å². The number of nitrogens with zero attached hydrogens (tertiary/aromatic N) is 2. The van der Waals surface area contributed by atoms with E-state index in [1.807, 2.05) is 0 Å². The summed E-state index contributed by atoms with van der Waals surface area (Å²) in [6.07, 6.45) is 1.25. The average molecular weight is 267 g/mol. The van der Waals surface area contributed by atoms with Crippen LogP contribution in [0.2, 0.25) is 0 Å². The lowest BCUT2D eigenvalue weighted by Crippen LogP contribution is -2.53. The molecular formula is C14H25N3S. The van der Waals surface area contributed by atoms with Crippen molar-refractivity contribution in [2.45, 2.75) is 46.2 Å². The number of hydrogen-bond acceptors (Lipinski definition) is 4. The summed E-state index contributed by atoms with van der Waals surface area (Å²) in [5, 5.41) is 7.07. The molecule has 0 aliphatic carbocycles. The molecule has 1 aliphatic heterocycles. The molecule has 1 N–H and O–H groups in total. The van der Waals surface area contributed by atoms with Crippen molar-refractivity contribution in [3.05, 3.63) is 16.1 Å². The highest BCUT2D eigenvalue weighted by Crippen LogP contribution is 2.25. The molecule has 18 heavy (non-hydrogen) atoms. The van der Waals surface area contributed by atoms with Crippen LogP contribution in [0.4, 0.5) is 0 Å². The summed E-state index contributed by atoms with van der Waals surface area (Å²) in [7, 11) is 0. The van der Waals surface area contributed by atoms with Crippen molar-refractivity contribution in [3.8, 4) is 0 Å². The van der Waals surface area contributed by atoms with E-state index in [4.69, 9.17) is 0 Å². The van der Waals surface area contributed by atoms with Crippen LogP contribution >= 0.6 is 11.3 Å². The second-order valence-corrected chi connectivity index (χ2v) is 6.33. The molecule has 0 bridgehead atoms. The van der Waals surface area contributed by atoms with Crippen LogP contribution in [0.5, 0.6) is 0 Å². The first-order chi connectivity index (χ1) is 8.61. The summed E-state index contributed by atoms with van der Waals surface area (Å²) in [5.41, 5.74) is 1.15. The van der Waals surface area contributed by atoms with Gasteiger partial charge < -0.3 is 5.32 Å². The zero-order chi connectivity index (χ0) is 13.1. The highest BCUT2D eigenvalue weighted by molar-refractivity contribution is 7.09. The topological polar surface area (TPSA) is 28.2 Å². The van der Waals surface area contributed by atoms with Crippen molar-refractivity contribution in [1.29, 1.82) is 0 Å². The molecule has 0 spiro atoms. The molecule has 0 saturated carbocycles. The van der Waals surface area contributed by atoms with Gasteiger partial charge in [0.1, 0.15) is 5.01 Å². The fourth-order valence-electron chi connectivity index (χ4n) is 2.54. The molecule has 102 valence electrons. The Labute approximate surface area is 115 Å². The molecule has 2 heterocycles. The maximum atomic E-state index is 4.63. The third-order valence-corrected chi connectivity index (χ3v) is 5.24. The number of thiazole rings is 1. The monoisotopic (exact) mass is 267 g/mol. The standard InChI is InChI=1S/C14H25N3S/c1-5-10(2)13-8-17(7-6-15-13)12(4)14-16-11(3)9-18-14/h9-10,12-13,15H,5-8H2,1-4H3. The maximum absolute atomic E-state index is 4.63. The minimum absolute atomic E-state index is 0.456. The molecule has 3 atom stereocenters. The molecule has 1 aromatic heterocycles. The van der Waals surface area contributed by atoms with Crippen molar-refractivity contribution in [2.75, 3.05) is 19.6 Å². The van der Waals surface area contributed by atoms with Gasteiger partial charge in [0.15, 0.2) is 0 Å². The van der Waals surface area contributed by atoms with E-state index < -0.39 is 0 Å². The van der Waals surface area contributed by atoms with Crippen molar-refractivity contribution in [1.82, 2.24) is 15.2 Å². The number of rotatable bonds is 4. The minimum atomic E-state index is 0.456.